The van der Waals surface area contributed by atoms with Gasteiger partial charge < -0.3 is 14.2 Å². The molecule has 0 aliphatic carbocycles. The number of amides is 1. The fourth-order valence-electron chi connectivity index (χ4n) is 3.93. The van der Waals surface area contributed by atoms with Crippen molar-refractivity contribution in [3.05, 3.63) is 47.9 Å². The van der Waals surface area contributed by atoms with Crippen LogP contribution in [0.5, 0.6) is 5.75 Å². The van der Waals surface area contributed by atoms with E-state index in [0.717, 1.165) is 29.4 Å². The van der Waals surface area contributed by atoms with Crippen molar-refractivity contribution in [1.82, 2.24) is 19.2 Å². The van der Waals surface area contributed by atoms with Crippen molar-refractivity contribution in [2.45, 2.75) is 38.8 Å². The summed E-state index contributed by atoms with van der Waals surface area (Å²) in [6, 6.07) is 9.13. The van der Waals surface area contributed by atoms with Gasteiger partial charge in [0.1, 0.15) is 17.5 Å². The predicted octanol–water partition coefficient (Wildman–Crippen LogP) is 3.63. The number of benzene rings is 1. The van der Waals surface area contributed by atoms with E-state index in [1.54, 1.807) is 28.6 Å². The fraction of sp³-hybridized carbons (Fsp3) is 0.429. The fourth-order valence-corrected chi connectivity index (χ4v) is 3.93. The maximum Gasteiger partial charge on any atom is 0.272 e. The van der Waals surface area contributed by atoms with Crippen molar-refractivity contribution < 1.29 is 18.3 Å². The number of alkyl halides is 2. The average Bonchev–Trinajstić information content (AvgIpc) is 3.24. The van der Waals surface area contributed by atoms with Gasteiger partial charge in [0.25, 0.3) is 12.3 Å². The molecule has 0 atom stereocenters. The Hall–Kier alpha value is -2.90. The number of piperidine rings is 1. The normalized spacial score (nSPS) is 15.4. The minimum Gasteiger partial charge on any atom is -0.490 e. The Morgan fingerprint density at radius 3 is 2.69 bits per heavy atom. The van der Waals surface area contributed by atoms with Gasteiger partial charge in [-0.05, 0) is 31.2 Å². The van der Waals surface area contributed by atoms with Gasteiger partial charge in [-0.1, -0.05) is 6.07 Å². The second kappa shape index (κ2) is 7.85. The van der Waals surface area contributed by atoms with Crippen LogP contribution < -0.4 is 4.74 Å². The number of fused-ring (bicyclic) bond motifs is 1. The zero-order chi connectivity index (χ0) is 20.5. The topological polar surface area (TPSA) is 52.3 Å². The molecule has 1 saturated heterocycles. The zero-order valence-electron chi connectivity index (χ0n) is 16.5. The number of aromatic nitrogens is 3. The van der Waals surface area contributed by atoms with Crippen LogP contribution in [0.25, 0.3) is 10.9 Å². The van der Waals surface area contributed by atoms with Gasteiger partial charge in [0.15, 0.2) is 0 Å². The van der Waals surface area contributed by atoms with Crippen LogP contribution in [0, 0.1) is 6.92 Å². The number of halogens is 2. The summed E-state index contributed by atoms with van der Waals surface area (Å²) >= 11 is 0. The monoisotopic (exact) mass is 402 g/mol. The van der Waals surface area contributed by atoms with E-state index < -0.39 is 6.43 Å². The summed E-state index contributed by atoms with van der Waals surface area (Å²) in [6.45, 7) is 2.75. The predicted molar refractivity (Wildman–Crippen MR) is 105 cm³/mol. The van der Waals surface area contributed by atoms with Crippen LogP contribution in [0.1, 0.15) is 29.0 Å². The van der Waals surface area contributed by atoms with Gasteiger partial charge in [-0.2, -0.15) is 5.10 Å². The minimum atomic E-state index is -2.40. The average molecular weight is 402 g/mol. The Bertz CT molecular complexity index is 1020. The van der Waals surface area contributed by atoms with Gasteiger partial charge in [0, 0.05) is 44.6 Å². The van der Waals surface area contributed by atoms with Crippen molar-refractivity contribution in [3.8, 4) is 5.75 Å². The lowest BCUT2D eigenvalue weighted by molar-refractivity contribution is 0.0588. The molecule has 6 nitrogen and oxygen atoms in total. The summed E-state index contributed by atoms with van der Waals surface area (Å²) in [5.41, 5.74) is 2.15. The van der Waals surface area contributed by atoms with Crippen molar-refractivity contribution in [1.29, 1.82) is 0 Å². The summed E-state index contributed by atoms with van der Waals surface area (Å²) in [5.74, 6) is 0.681. The number of hydrogen-bond acceptors (Lipinski definition) is 3. The van der Waals surface area contributed by atoms with E-state index in [9.17, 15) is 13.6 Å². The van der Waals surface area contributed by atoms with Crippen LogP contribution in [-0.2, 0) is 13.6 Å². The van der Waals surface area contributed by atoms with Gasteiger partial charge >= 0.3 is 0 Å². The van der Waals surface area contributed by atoms with E-state index in [-0.39, 0.29) is 18.6 Å². The first kappa shape index (κ1) is 19.4. The minimum absolute atomic E-state index is 0.0160. The van der Waals surface area contributed by atoms with Gasteiger partial charge in [-0.15, -0.1) is 0 Å². The van der Waals surface area contributed by atoms with Crippen LogP contribution in [0.2, 0.25) is 0 Å². The largest absolute Gasteiger partial charge is 0.490 e. The number of nitrogens with zero attached hydrogens (tertiary/aromatic N) is 4. The smallest absolute Gasteiger partial charge is 0.272 e. The van der Waals surface area contributed by atoms with Gasteiger partial charge in [0.2, 0.25) is 0 Å². The quantitative estimate of drug-likeness (QED) is 0.655. The number of ether oxygens (including phenoxy) is 1. The Kier molecular flexibility index (Phi) is 5.25. The van der Waals surface area contributed by atoms with E-state index in [1.807, 2.05) is 36.1 Å². The van der Waals surface area contributed by atoms with Crippen molar-refractivity contribution >= 4 is 16.8 Å². The Morgan fingerprint density at radius 1 is 1.28 bits per heavy atom. The Morgan fingerprint density at radius 2 is 2.03 bits per heavy atom. The molecule has 1 amide bonds. The molecule has 29 heavy (non-hydrogen) atoms. The summed E-state index contributed by atoms with van der Waals surface area (Å²) in [7, 11) is 1.77. The molecule has 1 aliphatic heterocycles. The van der Waals surface area contributed by atoms with Crippen molar-refractivity contribution in [2.75, 3.05) is 13.1 Å². The van der Waals surface area contributed by atoms with Crippen LogP contribution in [0.3, 0.4) is 0 Å². The SMILES string of the molecule is Cc1cc(C(=O)N2CCC(Oc3cccc4c3ccn4CC(F)F)CC2)n(C)n1. The van der Waals surface area contributed by atoms with Crippen molar-refractivity contribution in [3.63, 3.8) is 0 Å². The van der Waals surface area contributed by atoms with E-state index >= 15 is 0 Å². The molecular formula is C21H24F2N4O2. The first-order chi connectivity index (χ1) is 13.9. The number of rotatable bonds is 5. The highest BCUT2D eigenvalue weighted by atomic mass is 19.3. The lowest BCUT2D eigenvalue weighted by Crippen LogP contribution is -2.42. The molecule has 0 spiro atoms. The highest BCUT2D eigenvalue weighted by Crippen LogP contribution is 2.29. The molecule has 1 aliphatic rings. The summed E-state index contributed by atoms with van der Waals surface area (Å²) in [6.07, 6.45) is 0.686. The molecule has 0 bridgehead atoms. The lowest BCUT2D eigenvalue weighted by atomic mass is 10.1. The molecule has 2 aromatic heterocycles. The molecule has 3 heterocycles. The molecule has 154 valence electrons. The molecule has 0 N–H and O–H groups in total. The molecule has 1 aromatic carbocycles. The molecule has 1 fully saturated rings. The van der Waals surface area contributed by atoms with E-state index in [0.29, 0.717) is 24.5 Å². The van der Waals surface area contributed by atoms with Crippen LogP contribution >= 0.6 is 0 Å². The first-order valence-corrected chi connectivity index (χ1v) is 9.75. The molecule has 0 radical (unpaired) electrons. The van der Waals surface area contributed by atoms with Crippen LogP contribution in [0.4, 0.5) is 8.78 Å². The third-order valence-electron chi connectivity index (χ3n) is 5.35. The molecule has 0 saturated carbocycles. The second-order valence-corrected chi connectivity index (χ2v) is 7.45. The van der Waals surface area contributed by atoms with Crippen LogP contribution in [-0.4, -0.2) is 50.8 Å². The van der Waals surface area contributed by atoms with E-state index in [2.05, 4.69) is 5.10 Å². The lowest BCUT2D eigenvalue weighted by Gasteiger charge is -2.32. The van der Waals surface area contributed by atoms with E-state index in [1.165, 1.54) is 0 Å². The maximum atomic E-state index is 12.8. The molecular weight excluding hydrogens is 378 g/mol. The molecule has 4 rings (SSSR count). The molecule has 0 unspecified atom stereocenters. The maximum absolute atomic E-state index is 12.8. The zero-order valence-corrected chi connectivity index (χ0v) is 16.5. The van der Waals surface area contributed by atoms with E-state index in [4.69, 9.17) is 4.74 Å². The van der Waals surface area contributed by atoms with Crippen LogP contribution in [0.15, 0.2) is 36.5 Å². The standard InChI is InChI=1S/C21H24F2N4O2/c1-14-12-18(25(2)24-14)21(28)26-9-6-15(7-10-26)29-19-5-3-4-17-16(19)8-11-27(17)13-20(22)23/h3-5,8,11-12,15,20H,6-7,9-10,13H2,1-2H3. The van der Waals surface area contributed by atoms with Crippen molar-refractivity contribution in [2.24, 2.45) is 7.05 Å². The first-order valence-electron chi connectivity index (χ1n) is 9.75. The highest BCUT2D eigenvalue weighted by Gasteiger charge is 2.27. The summed E-state index contributed by atoms with van der Waals surface area (Å²) < 4.78 is 34.9. The number of aryl methyl sites for hydroxylation is 2. The van der Waals surface area contributed by atoms with Gasteiger partial charge in [0.05, 0.1) is 17.8 Å². The van der Waals surface area contributed by atoms with Gasteiger partial charge in [-0.3, -0.25) is 9.48 Å². The third kappa shape index (κ3) is 3.97. The summed E-state index contributed by atoms with van der Waals surface area (Å²) in [4.78, 5) is 14.6. The molecule has 8 heteroatoms. The Balaban J connectivity index is 1.42. The second-order valence-electron chi connectivity index (χ2n) is 7.45. The number of hydrogen-bond donors (Lipinski definition) is 0. The Labute approximate surface area is 167 Å². The number of carbonyl (C=O) groups excluding carboxylic acids is 1. The van der Waals surface area contributed by atoms with Gasteiger partial charge in [-0.25, -0.2) is 8.78 Å². The summed E-state index contributed by atoms with van der Waals surface area (Å²) in [5, 5.41) is 5.07. The number of carbonyl (C=O) groups is 1. The number of likely N-dealkylation sites (tertiary alicyclic amines) is 1. The third-order valence-corrected chi connectivity index (χ3v) is 5.35. The molecule has 3 aromatic rings. The highest BCUT2D eigenvalue weighted by molar-refractivity contribution is 5.92.